The summed E-state index contributed by atoms with van der Waals surface area (Å²) in [7, 11) is 1.79. The molecule has 4 heteroatoms. The Hall–Kier alpha value is -1.42. The van der Waals surface area contributed by atoms with E-state index in [0.717, 1.165) is 11.3 Å². The first kappa shape index (κ1) is 12.0. The van der Waals surface area contributed by atoms with Crippen molar-refractivity contribution in [3.05, 3.63) is 48.3 Å². The van der Waals surface area contributed by atoms with Gasteiger partial charge in [-0.25, -0.2) is 0 Å². The largest absolute Gasteiger partial charge is 0.375 e. The molecule has 1 aromatic carbocycles. The minimum Gasteiger partial charge on any atom is -0.375 e. The van der Waals surface area contributed by atoms with E-state index in [9.17, 15) is 4.79 Å². The smallest absolute Gasteiger partial charge is 0.173 e. The van der Waals surface area contributed by atoms with Crippen LogP contribution in [0.25, 0.3) is 0 Å². The van der Waals surface area contributed by atoms with Crippen molar-refractivity contribution in [2.75, 3.05) is 12.8 Å². The Morgan fingerprint density at radius 1 is 1.47 bits per heavy atom. The lowest BCUT2D eigenvalue weighted by Gasteiger charge is -2.20. The van der Waals surface area contributed by atoms with Crippen LogP contribution in [0.5, 0.6) is 0 Å². The molecule has 1 aliphatic rings. The van der Waals surface area contributed by atoms with Gasteiger partial charge in [-0.2, -0.15) is 0 Å². The first-order valence-corrected chi connectivity index (χ1v) is 6.60. The van der Waals surface area contributed by atoms with Crippen molar-refractivity contribution in [1.82, 2.24) is 10.6 Å². The molecule has 2 atom stereocenters. The molecule has 1 saturated heterocycles. The minimum absolute atomic E-state index is 0.150. The lowest BCUT2D eigenvalue weighted by molar-refractivity contribution is -0.119. The number of benzene rings is 1. The van der Waals surface area contributed by atoms with Gasteiger partial charge in [0, 0.05) is 12.8 Å². The summed E-state index contributed by atoms with van der Waals surface area (Å²) < 4.78 is 0. The summed E-state index contributed by atoms with van der Waals surface area (Å²) in [6.07, 6.45) is 0. The van der Waals surface area contributed by atoms with Crippen LogP contribution in [0.3, 0.4) is 0 Å². The molecule has 17 heavy (non-hydrogen) atoms. The summed E-state index contributed by atoms with van der Waals surface area (Å²) >= 11 is 1.69. The molecule has 0 aliphatic carbocycles. The van der Waals surface area contributed by atoms with Gasteiger partial charge in [-0.3, -0.25) is 4.79 Å². The molecule has 0 amide bonds. The molecule has 2 rings (SSSR count). The van der Waals surface area contributed by atoms with Gasteiger partial charge < -0.3 is 10.6 Å². The maximum atomic E-state index is 12.2. The first-order chi connectivity index (χ1) is 8.22. The third-order valence-electron chi connectivity index (χ3n) is 2.69. The van der Waals surface area contributed by atoms with Gasteiger partial charge in [0.1, 0.15) is 6.04 Å². The first-order valence-electron chi connectivity index (χ1n) is 5.56. The summed E-state index contributed by atoms with van der Waals surface area (Å²) in [6.45, 7) is 3.82. The van der Waals surface area contributed by atoms with Crippen molar-refractivity contribution in [2.24, 2.45) is 0 Å². The molecular weight excluding hydrogens is 232 g/mol. The Bertz CT molecular complexity index is 415. The molecule has 0 aromatic heterocycles. The quantitative estimate of drug-likeness (QED) is 0.752. The Morgan fingerprint density at radius 3 is 2.65 bits per heavy atom. The molecule has 1 aliphatic heterocycles. The van der Waals surface area contributed by atoms with Gasteiger partial charge in [0.15, 0.2) is 5.78 Å². The zero-order chi connectivity index (χ0) is 12.3. The van der Waals surface area contributed by atoms with Gasteiger partial charge in [0.2, 0.25) is 0 Å². The Morgan fingerprint density at radius 2 is 2.12 bits per heavy atom. The van der Waals surface area contributed by atoms with E-state index in [4.69, 9.17) is 0 Å². The second-order valence-corrected chi connectivity index (χ2v) is 5.18. The van der Waals surface area contributed by atoms with Gasteiger partial charge in [-0.05, 0) is 5.56 Å². The SMILES string of the molecule is C=C(NC)N[C@@H](C(=O)C1CS1)c1ccccc1. The number of carbonyl (C=O) groups is 1. The number of carbonyl (C=O) groups excluding carboxylic acids is 1. The Balaban J connectivity index is 2.17. The van der Waals surface area contributed by atoms with Crippen molar-refractivity contribution in [3.63, 3.8) is 0 Å². The molecule has 0 spiro atoms. The Labute approximate surface area is 106 Å². The van der Waals surface area contributed by atoms with Crippen LogP contribution in [0.2, 0.25) is 0 Å². The van der Waals surface area contributed by atoms with Crippen molar-refractivity contribution >= 4 is 17.5 Å². The van der Waals surface area contributed by atoms with Crippen molar-refractivity contribution in [1.29, 1.82) is 0 Å². The van der Waals surface area contributed by atoms with Crippen molar-refractivity contribution in [2.45, 2.75) is 11.3 Å². The summed E-state index contributed by atoms with van der Waals surface area (Å²) in [5.41, 5.74) is 0.987. The van der Waals surface area contributed by atoms with E-state index in [2.05, 4.69) is 17.2 Å². The molecule has 0 bridgehead atoms. The third-order valence-corrected chi connectivity index (χ3v) is 3.59. The number of hydrogen-bond donors (Lipinski definition) is 2. The highest BCUT2D eigenvalue weighted by atomic mass is 32.2. The molecule has 1 unspecified atom stereocenters. The van der Waals surface area contributed by atoms with Crippen molar-refractivity contribution in [3.8, 4) is 0 Å². The number of thioether (sulfide) groups is 1. The van der Waals surface area contributed by atoms with Crippen LogP contribution in [0, 0.1) is 0 Å². The zero-order valence-electron chi connectivity index (χ0n) is 9.77. The lowest BCUT2D eigenvalue weighted by Crippen LogP contribution is -2.34. The molecule has 1 heterocycles. The number of ketones is 1. The van der Waals surface area contributed by atoms with E-state index in [1.165, 1.54) is 0 Å². The molecule has 1 aromatic rings. The monoisotopic (exact) mass is 248 g/mol. The molecule has 3 nitrogen and oxygen atoms in total. The highest BCUT2D eigenvalue weighted by Gasteiger charge is 2.36. The van der Waals surface area contributed by atoms with Gasteiger partial charge in [-0.1, -0.05) is 36.9 Å². The van der Waals surface area contributed by atoms with Crippen LogP contribution in [-0.2, 0) is 4.79 Å². The fourth-order valence-electron chi connectivity index (χ4n) is 1.61. The van der Waals surface area contributed by atoms with Crippen LogP contribution in [0.4, 0.5) is 0 Å². The fraction of sp³-hybridized carbons (Fsp3) is 0.308. The zero-order valence-corrected chi connectivity index (χ0v) is 10.6. The Kier molecular flexibility index (Phi) is 3.74. The van der Waals surface area contributed by atoms with E-state index in [1.54, 1.807) is 18.8 Å². The van der Waals surface area contributed by atoms with Crippen molar-refractivity contribution < 1.29 is 4.79 Å². The molecule has 1 fully saturated rings. The van der Waals surface area contributed by atoms with Gasteiger partial charge in [0.25, 0.3) is 0 Å². The lowest BCUT2D eigenvalue weighted by atomic mass is 10.0. The number of rotatable bonds is 6. The summed E-state index contributed by atoms with van der Waals surface area (Å²) in [5.74, 6) is 1.84. The number of Topliss-reactive ketones (excluding diaryl/α,β-unsaturated/α-hetero) is 1. The summed E-state index contributed by atoms with van der Waals surface area (Å²) in [5, 5.41) is 6.20. The second kappa shape index (κ2) is 5.27. The maximum absolute atomic E-state index is 12.2. The average Bonchev–Trinajstić information content (AvgIpc) is 3.20. The van der Waals surface area contributed by atoms with E-state index >= 15 is 0 Å². The van der Waals surface area contributed by atoms with Crippen LogP contribution in [0.15, 0.2) is 42.7 Å². The van der Waals surface area contributed by atoms with E-state index < -0.39 is 0 Å². The molecule has 0 radical (unpaired) electrons. The van der Waals surface area contributed by atoms with Gasteiger partial charge in [0.05, 0.1) is 11.1 Å². The molecular formula is C13H16N2OS. The van der Waals surface area contributed by atoms with Crippen LogP contribution in [0.1, 0.15) is 11.6 Å². The minimum atomic E-state index is -0.295. The van der Waals surface area contributed by atoms with Crippen LogP contribution >= 0.6 is 11.8 Å². The second-order valence-electron chi connectivity index (χ2n) is 3.94. The van der Waals surface area contributed by atoms with E-state index in [-0.39, 0.29) is 17.1 Å². The molecule has 90 valence electrons. The van der Waals surface area contributed by atoms with Crippen LogP contribution in [-0.4, -0.2) is 23.8 Å². The average molecular weight is 248 g/mol. The molecule has 2 N–H and O–H groups in total. The third kappa shape index (κ3) is 3.03. The van der Waals surface area contributed by atoms with Crippen LogP contribution < -0.4 is 10.6 Å². The topological polar surface area (TPSA) is 41.1 Å². The number of hydrogen-bond acceptors (Lipinski definition) is 4. The highest BCUT2D eigenvalue weighted by Crippen LogP contribution is 2.35. The normalized spacial score (nSPS) is 19.2. The highest BCUT2D eigenvalue weighted by molar-refractivity contribution is 8.07. The molecule has 0 saturated carbocycles. The van der Waals surface area contributed by atoms with Gasteiger partial charge in [-0.15, -0.1) is 11.8 Å². The predicted molar refractivity (Wildman–Crippen MR) is 71.8 cm³/mol. The van der Waals surface area contributed by atoms with E-state index in [0.29, 0.717) is 5.82 Å². The number of nitrogens with one attached hydrogen (secondary N) is 2. The predicted octanol–water partition coefficient (Wildman–Crippen LogP) is 1.69. The van der Waals surface area contributed by atoms with E-state index in [1.807, 2.05) is 30.3 Å². The summed E-state index contributed by atoms with van der Waals surface area (Å²) in [4.78, 5) is 12.2. The standard InChI is InChI=1S/C13H16N2OS/c1-9(14-2)15-12(13(16)11-8-17-11)10-6-4-3-5-7-10/h3-7,11-12,14-15H,1,8H2,2H3/t11?,12-/m1/s1. The summed E-state index contributed by atoms with van der Waals surface area (Å²) in [6, 6.07) is 9.47. The van der Waals surface area contributed by atoms with Gasteiger partial charge >= 0.3 is 0 Å². The maximum Gasteiger partial charge on any atom is 0.173 e. The fourth-order valence-corrected chi connectivity index (χ4v) is 2.17.